The number of nitrogens with zero attached hydrogens (tertiary/aromatic N) is 3. The summed E-state index contributed by atoms with van der Waals surface area (Å²) in [6.45, 7) is 0.626. The van der Waals surface area contributed by atoms with Gasteiger partial charge in [0.1, 0.15) is 11.9 Å². The van der Waals surface area contributed by atoms with Gasteiger partial charge < -0.3 is 9.42 Å². The van der Waals surface area contributed by atoms with E-state index in [1.165, 1.54) is 12.1 Å². The van der Waals surface area contributed by atoms with E-state index in [2.05, 4.69) is 10.1 Å². The minimum absolute atomic E-state index is 0.174. The van der Waals surface area contributed by atoms with E-state index < -0.39 is 5.82 Å². The molecule has 1 saturated heterocycles. The molecule has 1 aromatic carbocycles. The third-order valence-corrected chi connectivity index (χ3v) is 4.77. The Bertz CT molecular complexity index is 741. The minimum atomic E-state index is -0.402. The molecule has 2 fully saturated rings. The van der Waals surface area contributed by atoms with Gasteiger partial charge in [0.25, 0.3) is 5.91 Å². The van der Waals surface area contributed by atoms with Crippen molar-refractivity contribution in [1.29, 1.82) is 0 Å². The van der Waals surface area contributed by atoms with Crippen molar-refractivity contribution in [2.45, 2.75) is 50.5 Å². The van der Waals surface area contributed by atoms with Crippen LogP contribution in [-0.4, -0.2) is 27.5 Å². The molecule has 0 spiro atoms. The van der Waals surface area contributed by atoms with E-state index >= 15 is 0 Å². The quantitative estimate of drug-likeness (QED) is 0.858. The lowest BCUT2D eigenvalue weighted by atomic mass is 10.1. The second kappa shape index (κ2) is 6.34. The van der Waals surface area contributed by atoms with Gasteiger partial charge in [-0.1, -0.05) is 24.1 Å². The van der Waals surface area contributed by atoms with E-state index in [-0.39, 0.29) is 11.9 Å². The molecule has 2 aliphatic rings. The van der Waals surface area contributed by atoms with E-state index in [1.807, 2.05) is 0 Å². The largest absolute Gasteiger partial charge is 0.337 e. The lowest BCUT2D eigenvalue weighted by Gasteiger charge is -2.27. The number of carbonyl (C=O) groups is 1. The van der Waals surface area contributed by atoms with Gasteiger partial charge in [0.05, 0.1) is 0 Å². The topological polar surface area (TPSA) is 59.2 Å². The molecule has 4 rings (SSSR count). The molecule has 1 aromatic heterocycles. The first kappa shape index (κ1) is 15.3. The number of likely N-dealkylation sites (tertiary alicyclic amines) is 1. The average Bonchev–Trinajstić information content (AvgIpc) is 3.37. The fourth-order valence-electron chi connectivity index (χ4n) is 3.29. The molecule has 1 aliphatic heterocycles. The SMILES string of the molecule is O=C(c1cccc(F)c1)N1CCCCCC1c1nc(C2CC2)no1. The molecule has 0 radical (unpaired) electrons. The first-order chi connectivity index (χ1) is 11.7. The number of amides is 1. The van der Waals surface area contributed by atoms with Crippen LogP contribution in [0.5, 0.6) is 0 Å². The number of hydrogen-bond donors (Lipinski definition) is 0. The first-order valence-corrected chi connectivity index (χ1v) is 8.62. The summed E-state index contributed by atoms with van der Waals surface area (Å²) >= 11 is 0. The Morgan fingerprint density at radius 2 is 2.08 bits per heavy atom. The van der Waals surface area contributed by atoms with Crippen LogP contribution in [0.15, 0.2) is 28.8 Å². The molecule has 126 valence electrons. The smallest absolute Gasteiger partial charge is 0.254 e. The lowest BCUT2D eigenvalue weighted by molar-refractivity contribution is 0.0644. The Labute approximate surface area is 139 Å². The Hall–Kier alpha value is -2.24. The van der Waals surface area contributed by atoms with Gasteiger partial charge in [-0.15, -0.1) is 0 Å². The summed E-state index contributed by atoms with van der Waals surface area (Å²) in [4.78, 5) is 19.2. The molecule has 1 amide bonds. The van der Waals surface area contributed by atoms with Crippen molar-refractivity contribution >= 4 is 5.91 Å². The molecule has 2 aromatic rings. The molecular weight excluding hydrogens is 309 g/mol. The second-order valence-corrected chi connectivity index (χ2v) is 6.64. The maximum absolute atomic E-state index is 13.5. The van der Waals surface area contributed by atoms with E-state index in [0.717, 1.165) is 44.3 Å². The van der Waals surface area contributed by atoms with Crippen molar-refractivity contribution in [2.75, 3.05) is 6.54 Å². The van der Waals surface area contributed by atoms with Gasteiger partial charge in [0.15, 0.2) is 5.82 Å². The van der Waals surface area contributed by atoms with Crippen LogP contribution >= 0.6 is 0 Å². The molecule has 1 unspecified atom stereocenters. The van der Waals surface area contributed by atoms with E-state index in [1.54, 1.807) is 17.0 Å². The van der Waals surface area contributed by atoms with Crippen molar-refractivity contribution in [3.8, 4) is 0 Å². The van der Waals surface area contributed by atoms with E-state index in [4.69, 9.17) is 4.52 Å². The van der Waals surface area contributed by atoms with E-state index in [0.29, 0.717) is 23.9 Å². The normalized spacial score (nSPS) is 21.5. The zero-order chi connectivity index (χ0) is 16.5. The van der Waals surface area contributed by atoms with Crippen LogP contribution in [-0.2, 0) is 0 Å². The predicted octanol–water partition coefficient (Wildman–Crippen LogP) is 3.84. The molecule has 1 atom stereocenters. The predicted molar refractivity (Wildman–Crippen MR) is 84.9 cm³/mol. The summed E-state index contributed by atoms with van der Waals surface area (Å²) < 4.78 is 19.0. The summed E-state index contributed by atoms with van der Waals surface area (Å²) in [6.07, 6.45) is 6.02. The maximum Gasteiger partial charge on any atom is 0.254 e. The number of hydrogen-bond acceptors (Lipinski definition) is 4. The molecule has 0 N–H and O–H groups in total. The molecule has 6 heteroatoms. The highest BCUT2D eigenvalue weighted by Gasteiger charge is 2.34. The fraction of sp³-hybridized carbons (Fsp3) is 0.500. The molecule has 1 saturated carbocycles. The van der Waals surface area contributed by atoms with Crippen LogP contribution in [0.2, 0.25) is 0 Å². The molecule has 2 heterocycles. The summed E-state index contributed by atoms with van der Waals surface area (Å²) in [6, 6.07) is 5.62. The number of aromatic nitrogens is 2. The van der Waals surface area contributed by atoms with Crippen LogP contribution in [0.3, 0.4) is 0 Å². The van der Waals surface area contributed by atoms with Crippen LogP contribution < -0.4 is 0 Å². The Morgan fingerprint density at radius 1 is 1.21 bits per heavy atom. The third-order valence-electron chi connectivity index (χ3n) is 4.77. The van der Waals surface area contributed by atoms with Gasteiger partial charge in [-0.2, -0.15) is 4.98 Å². The van der Waals surface area contributed by atoms with Gasteiger partial charge in [0, 0.05) is 18.0 Å². The van der Waals surface area contributed by atoms with E-state index in [9.17, 15) is 9.18 Å². The number of halogens is 1. The molecule has 5 nitrogen and oxygen atoms in total. The lowest BCUT2D eigenvalue weighted by Crippen LogP contribution is -2.35. The summed E-state index contributed by atoms with van der Waals surface area (Å²) in [5.74, 6) is 1.12. The zero-order valence-electron chi connectivity index (χ0n) is 13.4. The summed E-state index contributed by atoms with van der Waals surface area (Å²) in [7, 11) is 0. The number of benzene rings is 1. The maximum atomic E-state index is 13.5. The Kier molecular flexibility index (Phi) is 4.04. The summed E-state index contributed by atoms with van der Waals surface area (Å²) in [5, 5.41) is 4.08. The van der Waals surface area contributed by atoms with Crippen molar-refractivity contribution < 1.29 is 13.7 Å². The molecular formula is C18H20FN3O2. The van der Waals surface area contributed by atoms with Gasteiger partial charge in [-0.3, -0.25) is 4.79 Å². The first-order valence-electron chi connectivity index (χ1n) is 8.62. The van der Waals surface area contributed by atoms with Crippen molar-refractivity contribution in [1.82, 2.24) is 15.0 Å². The van der Waals surface area contributed by atoms with Crippen molar-refractivity contribution in [3.05, 3.63) is 47.4 Å². The number of rotatable bonds is 3. The van der Waals surface area contributed by atoms with Gasteiger partial charge >= 0.3 is 0 Å². The minimum Gasteiger partial charge on any atom is -0.337 e. The van der Waals surface area contributed by atoms with Crippen LogP contribution in [0.25, 0.3) is 0 Å². The zero-order valence-corrected chi connectivity index (χ0v) is 13.4. The van der Waals surface area contributed by atoms with Gasteiger partial charge in [-0.05, 0) is 43.9 Å². The molecule has 1 aliphatic carbocycles. The highest BCUT2D eigenvalue weighted by Crippen LogP contribution is 2.39. The highest BCUT2D eigenvalue weighted by molar-refractivity contribution is 5.94. The molecule has 24 heavy (non-hydrogen) atoms. The summed E-state index contributed by atoms with van der Waals surface area (Å²) in [5.41, 5.74) is 0.365. The second-order valence-electron chi connectivity index (χ2n) is 6.64. The fourth-order valence-corrected chi connectivity index (χ4v) is 3.29. The molecule has 0 bridgehead atoms. The Morgan fingerprint density at radius 3 is 2.88 bits per heavy atom. The van der Waals surface area contributed by atoms with Crippen LogP contribution in [0, 0.1) is 5.82 Å². The monoisotopic (exact) mass is 329 g/mol. The van der Waals surface area contributed by atoms with Crippen LogP contribution in [0.1, 0.15) is 72.6 Å². The van der Waals surface area contributed by atoms with Crippen molar-refractivity contribution in [2.24, 2.45) is 0 Å². The average molecular weight is 329 g/mol. The Balaban J connectivity index is 1.62. The van der Waals surface area contributed by atoms with Crippen LogP contribution in [0.4, 0.5) is 4.39 Å². The van der Waals surface area contributed by atoms with Gasteiger partial charge in [-0.25, -0.2) is 4.39 Å². The standard InChI is InChI=1S/C18H20FN3O2/c19-14-6-4-5-13(11-14)18(23)22-10-3-1-2-7-15(22)17-20-16(21-24-17)12-8-9-12/h4-6,11-12,15H,1-3,7-10H2. The van der Waals surface area contributed by atoms with Crippen molar-refractivity contribution in [3.63, 3.8) is 0 Å². The number of carbonyl (C=O) groups excluding carboxylic acids is 1. The third kappa shape index (κ3) is 3.05. The highest BCUT2D eigenvalue weighted by atomic mass is 19.1. The van der Waals surface area contributed by atoms with Gasteiger partial charge in [0.2, 0.25) is 5.89 Å².